The Kier molecular flexibility index (Phi) is 7.10. The van der Waals surface area contributed by atoms with Crippen LogP contribution in [0.3, 0.4) is 0 Å². The Morgan fingerprint density at radius 1 is 1.11 bits per heavy atom. The van der Waals surface area contributed by atoms with Gasteiger partial charge in [0.1, 0.15) is 5.82 Å². The minimum atomic E-state index is -0.320. The van der Waals surface area contributed by atoms with Gasteiger partial charge < -0.3 is 15.4 Å². The van der Waals surface area contributed by atoms with Gasteiger partial charge in [-0.05, 0) is 68.1 Å². The number of rotatable bonds is 9. The molecule has 0 spiro atoms. The van der Waals surface area contributed by atoms with Gasteiger partial charge >= 0.3 is 0 Å². The molecule has 2 aliphatic rings. The lowest BCUT2D eigenvalue weighted by molar-refractivity contribution is -0.113. The SMILES string of the molecule is O=C(CSc1nnc(-c2ccc(F)cc2)n1CC1CCCO1)Nc1cccc(C(=O)NC2CC2)c1. The zero-order valence-corrected chi connectivity index (χ0v) is 19.9. The first kappa shape index (κ1) is 23.5. The number of carbonyl (C=O) groups is 2. The number of benzene rings is 2. The first-order valence-electron chi connectivity index (χ1n) is 11.7. The van der Waals surface area contributed by atoms with Crippen LogP contribution in [-0.2, 0) is 16.1 Å². The van der Waals surface area contributed by atoms with Crippen molar-refractivity contribution >= 4 is 29.3 Å². The molecule has 2 heterocycles. The lowest BCUT2D eigenvalue weighted by atomic mass is 10.2. The Balaban J connectivity index is 1.26. The summed E-state index contributed by atoms with van der Waals surface area (Å²) < 4.78 is 21.1. The summed E-state index contributed by atoms with van der Waals surface area (Å²) in [6.07, 6.45) is 4.01. The number of aromatic nitrogens is 3. The molecule has 1 saturated carbocycles. The average Bonchev–Trinajstić information content (AvgIpc) is 3.35. The predicted octanol–water partition coefficient (Wildman–Crippen LogP) is 3.89. The fraction of sp³-hybridized carbons (Fsp3) is 0.360. The van der Waals surface area contributed by atoms with Crippen molar-refractivity contribution in [1.82, 2.24) is 20.1 Å². The van der Waals surface area contributed by atoms with Gasteiger partial charge in [0.25, 0.3) is 5.91 Å². The smallest absolute Gasteiger partial charge is 0.251 e. The molecular formula is C25H26FN5O3S. The molecule has 0 radical (unpaired) electrons. The van der Waals surface area contributed by atoms with Crippen molar-refractivity contribution in [3.63, 3.8) is 0 Å². The Bertz CT molecular complexity index is 1210. The molecule has 8 nitrogen and oxygen atoms in total. The fourth-order valence-electron chi connectivity index (χ4n) is 3.93. The molecule has 0 bridgehead atoms. The van der Waals surface area contributed by atoms with Gasteiger partial charge in [0.05, 0.1) is 18.4 Å². The van der Waals surface area contributed by atoms with E-state index < -0.39 is 0 Å². The molecule has 2 amide bonds. The number of ether oxygens (including phenoxy) is 1. The lowest BCUT2D eigenvalue weighted by Crippen LogP contribution is -2.25. The van der Waals surface area contributed by atoms with Crippen molar-refractivity contribution in [2.75, 3.05) is 17.7 Å². The van der Waals surface area contributed by atoms with Crippen LogP contribution in [0.4, 0.5) is 10.1 Å². The molecule has 2 aromatic carbocycles. The number of halogens is 1. The number of hydrogen-bond donors (Lipinski definition) is 2. The third-order valence-electron chi connectivity index (χ3n) is 5.88. The monoisotopic (exact) mass is 495 g/mol. The maximum Gasteiger partial charge on any atom is 0.251 e. The Morgan fingerprint density at radius 3 is 2.69 bits per heavy atom. The van der Waals surface area contributed by atoms with Gasteiger partial charge in [-0.3, -0.25) is 14.2 Å². The molecule has 1 unspecified atom stereocenters. The second-order valence-electron chi connectivity index (χ2n) is 8.72. The minimum Gasteiger partial charge on any atom is -0.376 e. The third-order valence-corrected chi connectivity index (χ3v) is 6.85. The molecule has 1 atom stereocenters. The maximum absolute atomic E-state index is 13.4. The van der Waals surface area contributed by atoms with Gasteiger partial charge in [-0.2, -0.15) is 0 Å². The van der Waals surface area contributed by atoms with Crippen molar-refractivity contribution in [3.05, 3.63) is 59.9 Å². The molecule has 182 valence electrons. The molecule has 2 N–H and O–H groups in total. The number of nitrogens with zero attached hydrogens (tertiary/aromatic N) is 3. The molecule has 1 aliphatic carbocycles. The third kappa shape index (κ3) is 6.07. The number of hydrogen-bond acceptors (Lipinski definition) is 6. The van der Waals surface area contributed by atoms with Crippen LogP contribution in [0.15, 0.2) is 53.7 Å². The largest absolute Gasteiger partial charge is 0.376 e. The van der Waals surface area contributed by atoms with E-state index in [-0.39, 0.29) is 35.5 Å². The number of thioether (sulfide) groups is 1. The standard InChI is InChI=1S/C25H26FN5O3S/c26-18-8-6-16(7-9-18)23-29-30-25(31(23)14-21-5-2-12-34-21)35-15-22(32)27-20-4-1-3-17(13-20)24(33)28-19-10-11-19/h1,3-4,6-9,13,19,21H,2,5,10-12,14-15H2,(H,27,32)(H,28,33). The molecule has 3 aromatic rings. The van der Waals surface area contributed by atoms with E-state index in [0.29, 0.717) is 28.8 Å². The van der Waals surface area contributed by atoms with Crippen LogP contribution in [0.2, 0.25) is 0 Å². The van der Waals surface area contributed by atoms with Crippen LogP contribution in [-0.4, -0.2) is 51.1 Å². The van der Waals surface area contributed by atoms with Crippen LogP contribution in [0, 0.1) is 5.82 Å². The zero-order valence-electron chi connectivity index (χ0n) is 19.1. The van der Waals surface area contributed by atoms with Crippen molar-refractivity contribution < 1.29 is 18.7 Å². The zero-order chi connectivity index (χ0) is 24.2. The average molecular weight is 496 g/mol. The van der Waals surface area contributed by atoms with E-state index in [1.54, 1.807) is 36.4 Å². The molecule has 1 aromatic heterocycles. The number of amides is 2. The van der Waals surface area contributed by atoms with Crippen molar-refractivity contribution in [2.45, 2.75) is 49.5 Å². The summed E-state index contributed by atoms with van der Waals surface area (Å²) in [6.45, 7) is 1.28. The highest BCUT2D eigenvalue weighted by Crippen LogP contribution is 2.27. The Morgan fingerprint density at radius 2 is 1.94 bits per heavy atom. The van der Waals surface area contributed by atoms with E-state index in [0.717, 1.165) is 37.9 Å². The highest BCUT2D eigenvalue weighted by Gasteiger charge is 2.24. The quantitative estimate of drug-likeness (QED) is 0.437. The fourth-order valence-corrected chi connectivity index (χ4v) is 4.67. The molecule has 2 fully saturated rings. The first-order valence-corrected chi connectivity index (χ1v) is 12.7. The van der Waals surface area contributed by atoms with E-state index in [4.69, 9.17) is 4.74 Å². The summed E-state index contributed by atoms with van der Waals surface area (Å²) in [5.41, 5.74) is 1.82. The highest BCUT2D eigenvalue weighted by atomic mass is 32.2. The van der Waals surface area contributed by atoms with Crippen LogP contribution in [0.5, 0.6) is 0 Å². The highest BCUT2D eigenvalue weighted by molar-refractivity contribution is 7.99. The summed E-state index contributed by atoms with van der Waals surface area (Å²) in [5, 5.41) is 15.0. The van der Waals surface area contributed by atoms with Crippen LogP contribution >= 0.6 is 11.8 Å². The van der Waals surface area contributed by atoms with Crippen molar-refractivity contribution in [3.8, 4) is 11.4 Å². The number of nitrogens with one attached hydrogen (secondary N) is 2. The van der Waals surface area contributed by atoms with Gasteiger partial charge in [-0.1, -0.05) is 17.8 Å². The van der Waals surface area contributed by atoms with Gasteiger partial charge in [0, 0.05) is 29.5 Å². The van der Waals surface area contributed by atoms with Crippen LogP contribution < -0.4 is 10.6 Å². The summed E-state index contributed by atoms with van der Waals surface area (Å²) in [6, 6.07) is 13.3. The predicted molar refractivity (Wildman–Crippen MR) is 131 cm³/mol. The molecule has 1 aliphatic heterocycles. The van der Waals surface area contributed by atoms with Gasteiger partial charge in [-0.15, -0.1) is 10.2 Å². The van der Waals surface area contributed by atoms with Gasteiger partial charge in [0.15, 0.2) is 11.0 Å². The Hall–Kier alpha value is -3.24. The van der Waals surface area contributed by atoms with E-state index in [1.807, 2.05) is 4.57 Å². The minimum absolute atomic E-state index is 0.0444. The van der Waals surface area contributed by atoms with Gasteiger partial charge in [0.2, 0.25) is 5.91 Å². The van der Waals surface area contributed by atoms with Crippen molar-refractivity contribution in [1.29, 1.82) is 0 Å². The normalized spacial score (nSPS) is 17.3. The number of anilines is 1. The maximum atomic E-state index is 13.4. The summed E-state index contributed by atoms with van der Waals surface area (Å²) in [4.78, 5) is 25.0. The molecule has 35 heavy (non-hydrogen) atoms. The van der Waals surface area contributed by atoms with E-state index in [2.05, 4.69) is 20.8 Å². The number of carbonyl (C=O) groups excluding carboxylic acids is 2. The van der Waals surface area contributed by atoms with E-state index >= 15 is 0 Å². The van der Waals surface area contributed by atoms with E-state index in [9.17, 15) is 14.0 Å². The summed E-state index contributed by atoms with van der Waals surface area (Å²) >= 11 is 1.27. The second kappa shape index (κ2) is 10.6. The lowest BCUT2D eigenvalue weighted by Gasteiger charge is -2.15. The Labute approximate surface area is 206 Å². The molecular weight excluding hydrogens is 469 g/mol. The summed E-state index contributed by atoms with van der Waals surface area (Å²) in [5.74, 6) is 0.0568. The second-order valence-corrected chi connectivity index (χ2v) is 9.67. The van der Waals surface area contributed by atoms with E-state index in [1.165, 1.54) is 23.9 Å². The molecule has 10 heteroatoms. The van der Waals surface area contributed by atoms with Crippen LogP contribution in [0.25, 0.3) is 11.4 Å². The first-order chi connectivity index (χ1) is 17.0. The molecule has 1 saturated heterocycles. The van der Waals surface area contributed by atoms with Crippen molar-refractivity contribution in [2.24, 2.45) is 0 Å². The molecule has 5 rings (SSSR count). The van der Waals surface area contributed by atoms with Crippen LogP contribution in [0.1, 0.15) is 36.0 Å². The summed E-state index contributed by atoms with van der Waals surface area (Å²) in [7, 11) is 0. The van der Waals surface area contributed by atoms with Gasteiger partial charge in [-0.25, -0.2) is 4.39 Å². The topological polar surface area (TPSA) is 98.1 Å².